The number of amides is 1. The minimum absolute atomic E-state index is 0.208. The maximum absolute atomic E-state index is 10.7. The first-order valence-corrected chi connectivity index (χ1v) is 3.97. The summed E-state index contributed by atoms with van der Waals surface area (Å²) >= 11 is 2.19. The molecule has 0 aromatic heterocycles. The van der Waals surface area contributed by atoms with Gasteiger partial charge in [-0.1, -0.05) is 22.6 Å². The van der Waals surface area contributed by atoms with Gasteiger partial charge in [0.15, 0.2) is 0 Å². The van der Waals surface area contributed by atoms with E-state index in [1.807, 2.05) is 0 Å². The molecule has 0 saturated carbocycles. The van der Waals surface area contributed by atoms with E-state index < -0.39 is 0 Å². The second-order valence-corrected chi connectivity index (χ2v) is 2.81. The lowest BCUT2D eigenvalue weighted by Crippen LogP contribution is -2.21. The fraction of sp³-hybridized carbons (Fsp3) is 0.800. The summed E-state index contributed by atoms with van der Waals surface area (Å²) in [5.74, 6) is 0.208. The van der Waals surface area contributed by atoms with Gasteiger partial charge >= 0.3 is 0 Å². The maximum atomic E-state index is 10.7. The molecule has 8 heavy (non-hydrogen) atoms. The van der Waals surface area contributed by atoms with E-state index in [9.17, 15) is 4.79 Å². The number of halogens is 1. The number of carbonyl (C=O) groups excluding carboxylic acids is 1. The molecule has 0 N–H and O–H groups in total. The van der Waals surface area contributed by atoms with Crippen molar-refractivity contribution in [1.82, 2.24) is 4.90 Å². The molecule has 0 fully saturated rings. The van der Waals surface area contributed by atoms with Crippen molar-refractivity contribution in [3.05, 3.63) is 0 Å². The van der Waals surface area contributed by atoms with E-state index in [0.29, 0.717) is 6.42 Å². The minimum Gasteiger partial charge on any atom is -0.349 e. The van der Waals surface area contributed by atoms with E-state index >= 15 is 0 Å². The van der Waals surface area contributed by atoms with Crippen molar-refractivity contribution in [3.8, 4) is 0 Å². The predicted octanol–water partition coefficient (Wildman–Crippen LogP) is 0.900. The topological polar surface area (TPSA) is 20.3 Å². The van der Waals surface area contributed by atoms with Gasteiger partial charge < -0.3 is 4.90 Å². The van der Waals surface area contributed by atoms with Gasteiger partial charge in [0, 0.05) is 24.9 Å². The number of hydrogen-bond donors (Lipinski definition) is 0. The molecule has 0 aliphatic rings. The average molecular weight is 227 g/mol. The highest BCUT2D eigenvalue weighted by Gasteiger charge is 1.99. The van der Waals surface area contributed by atoms with Gasteiger partial charge in [0.1, 0.15) is 0 Å². The first-order chi connectivity index (χ1) is 3.68. The van der Waals surface area contributed by atoms with Crippen LogP contribution in [0.3, 0.4) is 0 Å². The third-order valence-corrected chi connectivity index (χ3v) is 1.35. The van der Waals surface area contributed by atoms with Crippen molar-refractivity contribution in [1.29, 1.82) is 0 Å². The third-order valence-electron chi connectivity index (χ3n) is 0.807. The van der Waals surface area contributed by atoms with E-state index in [-0.39, 0.29) is 5.91 Å². The predicted molar refractivity (Wildman–Crippen MR) is 42.2 cm³/mol. The number of carbonyl (C=O) groups is 1. The Kier molecular flexibility index (Phi) is 4.22. The van der Waals surface area contributed by atoms with Crippen LogP contribution in [0.4, 0.5) is 0 Å². The highest BCUT2D eigenvalue weighted by molar-refractivity contribution is 14.1. The van der Waals surface area contributed by atoms with Crippen LogP contribution in [0, 0.1) is 0 Å². The molecule has 0 aliphatic carbocycles. The van der Waals surface area contributed by atoms with Crippen molar-refractivity contribution >= 4 is 28.5 Å². The van der Waals surface area contributed by atoms with Crippen LogP contribution in [0.25, 0.3) is 0 Å². The highest BCUT2D eigenvalue weighted by Crippen LogP contribution is 1.91. The van der Waals surface area contributed by atoms with Gasteiger partial charge in [-0.15, -0.1) is 0 Å². The molecule has 2 nitrogen and oxygen atoms in total. The second-order valence-electron chi connectivity index (χ2n) is 1.73. The standard InChI is InChI=1S/C5H10INO/c1-7(2)5(8)3-4-6/h3-4H2,1-2H3. The molecule has 0 aliphatic heterocycles. The Bertz CT molecular complexity index is 82.5. The molecule has 0 radical (unpaired) electrons. The first kappa shape index (κ1) is 8.20. The van der Waals surface area contributed by atoms with Crippen LogP contribution in [-0.4, -0.2) is 29.3 Å². The highest BCUT2D eigenvalue weighted by atomic mass is 127. The zero-order valence-corrected chi connectivity index (χ0v) is 7.31. The minimum atomic E-state index is 0.208. The van der Waals surface area contributed by atoms with Crippen molar-refractivity contribution in [2.45, 2.75) is 6.42 Å². The van der Waals surface area contributed by atoms with Crippen molar-refractivity contribution in [2.75, 3.05) is 18.5 Å². The van der Waals surface area contributed by atoms with Crippen LogP contribution in [0.15, 0.2) is 0 Å². The molecular formula is C5H10INO. The molecule has 0 aromatic carbocycles. The van der Waals surface area contributed by atoms with Gasteiger partial charge in [-0.05, 0) is 0 Å². The number of alkyl halides is 1. The van der Waals surface area contributed by atoms with E-state index in [2.05, 4.69) is 22.6 Å². The summed E-state index contributed by atoms with van der Waals surface area (Å²) in [5.41, 5.74) is 0. The number of nitrogens with zero attached hydrogens (tertiary/aromatic N) is 1. The Balaban J connectivity index is 3.33. The maximum Gasteiger partial charge on any atom is 0.222 e. The molecular weight excluding hydrogens is 217 g/mol. The van der Waals surface area contributed by atoms with Gasteiger partial charge in [-0.25, -0.2) is 0 Å². The van der Waals surface area contributed by atoms with Crippen LogP contribution >= 0.6 is 22.6 Å². The first-order valence-electron chi connectivity index (χ1n) is 2.44. The SMILES string of the molecule is CN(C)C(=O)CCI. The third kappa shape index (κ3) is 3.23. The normalized spacial score (nSPS) is 8.88. The van der Waals surface area contributed by atoms with Crippen LogP contribution in [-0.2, 0) is 4.79 Å². The molecule has 1 amide bonds. The molecule has 3 heteroatoms. The smallest absolute Gasteiger partial charge is 0.222 e. The summed E-state index contributed by atoms with van der Waals surface area (Å²) in [5, 5.41) is 0. The number of rotatable bonds is 2. The second kappa shape index (κ2) is 4.12. The molecule has 0 unspecified atom stereocenters. The van der Waals surface area contributed by atoms with Crippen molar-refractivity contribution < 1.29 is 4.79 Å². The largest absolute Gasteiger partial charge is 0.349 e. The summed E-state index contributed by atoms with van der Waals surface area (Å²) in [7, 11) is 3.54. The van der Waals surface area contributed by atoms with E-state index in [1.165, 1.54) is 0 Å². The van der Waals surface area contributed by atoms with Crippen molar-refractivity contribution in [2.24, 2.45) is 0 Å². The monoisotopic (exact) mass is 227 g/mol. The zero-order valence-electron chi connectivity index (χ0n) is 5.15. The van der Waals surface area contributed by atoms with E-state index in [1.54, 1.807) is 19.0 Å². The fourth-order valence-corrected chi connectivity index (χ4v) is 0.766. The summed E-state index contributed by atoms with van der Waals surface area (Å²) < 4.78 is 0.911. The van der Waals surface area contributed by atoms with Crippen LogP contribution in [0.1, 0.15) is 6.42 Å². The fourth-order valence-electron chi connectivity index (χ4n) is 0.304. The summed E-state index contributed by atoms with van der Waals surface area (Å²) in [6.07, 6.45) is 0.660. The quantitative estimate of drug-likeness (QED) is 0.507. The molecule has 0 aromatic rings. The lowest BCUT2D eigenvalue weighted by molar-refractivity contribution is -0.128. The Morgan fingerprint density at radius 1 is 1.62 bits per heavy atom. The Morgan fingerprint density at radius 2 is 2.12 bits per heavy atom. The van der Waals surface area contributed by atoms with E-state index in [4.69, 9.17) is 0 Å². The van der Waals surface area contributed by atoms with Gasteiger partial charge in [0.05, 0.1) is 0 Å². The van der Waals surface area contributed by atoms with Crippen LogP contribution in [0.5, 0.6) is 0 Å². The van der Waals surface area contributed by atoms with Gasteiger partial charge in [-0.2, -0.15) is 0 Å². The molecule has 0 spiro atoms. The molecule has 0 saturated heterocycles. The Hall–Kier alpha value is 0.200. The zero-order chi connectivity index (χ0) is 6.57. The molecule has 48 valence electrons. The Morgan fingerprint density at radius 3 is 2.25 bits per heavy atom. The average Bonchev–Trinajstić information content (AvgIpc) is 1.67. The van der Waals surface area contributed by atoms with E-state index in [0.717, 1.165) is 4.43 Å². The number of hydrogen-bond acceptors (Lipinski definition) is 1. The summed E-state index contributed by atoms with van der Waals surface area (Å²) in [6.45, 7) is 0. The van der Waals surface area contributed by atoms with Gasteiger partial charge in [0.25, 0.3) is 0 Å². The summed E-state index contributed by atoms with van der Waals surface area (Å²) in [4.78, 5) is 12.3. The lowest BCUT2D eigenvalue weighted by Gasteiger charge is -2.07. The summed E-state index contributed by atoms with van der Waals surface area (Å²) in [6, 6.07) is 0. The Labute approximate surface area is 63.4 Å². The molecule has 0 rings (SSSR count). The van der Waals surface area contributed by atoms with Crippen molar-refractivity contribution in [3.63, 3.8) is 0 Å². The lowest BCUT2D eigenvalue weighted by atomic mass is 10.4. The molecule has 0 heterocycles. The van der Waals surface area contributed by atoms with Gasteiger partial charge in [0.2, 0.25) is 5.91 Å². The van der Waals surface area contributed by atoms with Crippen LogP contribution in [0.2, 0.25) is 0 Å². The molecule has 0 bridgehead atoms. The van der Waals surface area contributed by atoms with Crippen LogP contribution < -0.4 is 0 Å². The van der Waals surface area contributed by atoms with Gasteiger partial charge in [-0.3, -0.25) is 4.79 Å². The molecule has 0 atom stereocenters.